The Morgan fingerprint density at radius 1 is 1.24 bits per heavy atom. The van der Waals surface area contributed by atoms with Gasteiger partial charge in [0.05, 0.1) is 5.56 Å². The first kappa shape index (κ1) is 21.1. The van der Waals surface area contributed by atoms with Crippen molar-refractivity contribution in [2.45, 2.75) is 32.3 Å². The van der Waals surface area contributed by atoms with Gasteiger partial charge >= 0.3 is 18.0 Å². The van der Waals surface area contributed by atoms with E-state index in [-0.39, 0.29) is 11.3 Å². The molecule has 0 unspecified atom stereocenters. The lowest BCUT2D eigenvalue weighted by Crippen LogP contribution is -2.45. The largest absolute Gasteiger partial charge is 0.544 e. The Kier molecular flexibility index (Phi) is 6.68. The highest BCUT2D eigenvalue weighted by molar-refractivity contribution is 14.1. The fourth-order valence-corrected chi connectivity index (χ4v) is 2.03. The zero-order valence-electron chi connectivity index (χ0n) is 13.5. The van der Waals surface area contributed by atoms with Gasteiger partial charge in [0.15, 0.2) is 6.61 Å². The smallest absolute Gasteiger partial charge is 0.412 e. The van der Waals surface area contributed by atoms with Gasteiger partial charge in [0.25, 0.3) is 0 Å². The molecule has 0 atom stereocenters. The Morgan fingerprint density at radius 2 is 1.84 bits per heavy atom. The normalized spacial score (nSPS) is 11.6. The molecule has 0 aliphatic heterocycles. The van der Waals surface area contributed by atoms with E-state index in [9.17, 15) is 28.3 Å². The van der Waals surface area contributed by atoms with Crippen LogP contribution in [0, 0.1) is 3.57 Å². The van der Waals surface area contributed by atoms with Gasteiger partial charge in [-0.1, -0.05) is 0 Å². The van der Waals surface area contributed by atoms with Gasteiger partial charge in [0, 0.05) is 9.26 Å². The van der Waals surface area contributed by atoms with Crippen molar-refractivity contribution in [3.8, 4) is 0 Å². The van der Waals surface area contributed by atoms with E-state index in [1.54, 1.807) is 43.4 Å². The molecule has 0 heterocycles. The highest BCUT2D eigenvalue weighted by Crippen LogP contribution is 2.21. The second-order valence-corrected chi connectivity index (χ2v) is 7.05. The van der Waals surface area contributed by atoms with Gasteiger partial charge in [-0.05, 0) is 61.6 Å². The monoisotopic (exact) mass is 470 g/mol. The van der Waals surface area contributed by atoms with Crippen LogP contribution in [0.1, 0.15) is 31.1 Å². The zero-order chi connectivity index (χ0) is 19.4. The molecule has 0 fully saturated rings. The molecule has 7 nitrogen and oxygen atoms in total. The molecule has 1 amide bonds. The number of halogens is 3. The van der Waals surface area contributed by atoms with Crippen LogP contribution in [-0.2, 0) is 14.3 Å². The second-order valence-electron chi connectivity index (χ2n) is 5.89. The Hall–Kier alpha value is -1.98. The van der Waals surface area contributed by atoms with Crippen molar-refractivity contribution >= 4 is 46.3 Å². The Balaban J connectivity index is 2.85. The average Bonchev–Trinajstić information content (AvgIpc) is 2.44. The summed E-state index contributed by atoms with van der Waals surface area (Å²) in [7, 11) is 0. The number of carboxylic acid groups (broad SMARTS) is 1. The number of rotatable bonds is 5. The molecule has 138 valence electrons. The Bertz CT molecular complexity index is 687. The van der Waals surface area contributed by atoms with Gasteiger partial charge in [0.2, 0.25) is 0 Å². The number of ether oxygens (including phenoxy) is 2. The van der Waals surface area contributed by atoms with Gasteiger partial charge in [-0.3, -0.25) is 5.32 Å². The zero-order valence-corrected chi connectivity index (χ0v) is 15.7. The van der Waals surface area contributed by atoms with Crippen LogP contribution in [0.25, 0.3) is 0 Å². The predicted molar refractivity (Wildman–Crippen MR) is 89.3 cm³/mol. The van der Waals surface area contributed by atoms with Crippen LogP contribution >= 0.6 is 22.6 Å². The number of benzene rings is 1. The molecule has 0 aliphatic rings. The van der Waals surface area contributed by atoms with Crippen molar-refractivity contribution in [2.24, 2.45) is 0 Å². The second kappa shape index (κ2) is 7.93. The van der Waals surface area contributed by atoms with E-state index in [0.717, 1.165) is 0 Å². The molecule has 10 heteroatoms. The van der Waals surface area contributed by atoms with Crippen molar-refractivity contribution in [3.05, 3.63) is 27.3 Å². The lowest BCUT2D eigenvalue weighted by Gasteiger charge is -2.20. The van der Waals surface area contributed by atoms with Crippen LogP contribution in [0.3, 0.4) is 0 Å². The number of hydrogen-bond acceptors (Lipinski definition) is 6. The van der Waals surface area contributed by atoms with Crippen molar-refractivity contribution in [3.63, 3.8) is 0 Å². The van der Waals surface area contributed by atoms with E-state index in [0.29, 0.717) is 3.57 Å². The fraction of sp³-hybridized carbons (Fsp3) is 0.400. The molecule has 25 heavy (non-hydrogen) atoms. The summed E-state index contributed by atoms with van der Waals surface area (Å²) in [5.74, 6) is -8.11. The number of hydrogen-bond donors (Lipinski definition) is 1. The first-order chi connectivity index (χ1) is 11.3. The maximum absolute atomic E-state index is 12.9. The lowest BCUT2D eigenvalue weighted by molar-refractivity contribution is -0.331. The number of carbonyl (C=O) groups is 3. The van der Waals surface area contributed by atoms with Crippen LogP contribution in [0.4, 0.5) is 19.3 Å². The first-order valence-corrected chi connectivity index (χ1v) is 7.95. The maximum atomic E-state index is 12.9. The summed E-state index contributed by atoms with van der Waals surface area (Å²) in [6, 6.07) is 4.12. The molecule has 0 radical (unpaired) electrons. The van der Waals surface area contributed by atoms with E-state index >= 15 is 0 Å². The minimum Gasteiger partial charge on any atom is -0.544 e. The van der Waals surface area contributed by atoms with Crippen LogP contribution in [0.5, 0.6) is 0 Å². The maximum Gasteiger partial charge on any atom is 0.412 e. The number of esters is 1. The molecule has 1 aromatic carbocycles. The molecule has 0 saturated heterocycles. The molecule has 0 bridgehead atoms. The predicted octanol–water partition coefficient (Wildman–Crippen LogP) is 2.18. The third-order valence-corrected chi connectivity index (χ3v) is 3.46. The molecule has 1 aromatic rings. The first-order valence-electron chi connectivity index (χ1n) is 6.88. The van der Waals surface area contributed by atoms with Gasteiger partial charge < -0.3 is 19.4 Å². The Morgan fingerprint density at radius 3 is 2.36 bits per heavy atom. The number of alkyl halides is 2. The standard InChI is InChI=1S/C15H16F2INO6/c1-14(2,3)25-13(23)19-8-4-5-10(18)9(6-8)11(20)24-7-15(16,17)12(21)22/h4-6H,7H2,1-3H3,(H,19,23)(H,21,22)/p-1. The molecule has 0 saturated carbocycles. The van der Waals surface area contributed by atoms with E-state index < -0.39 is 36.2 Å². The highest BCUT2D eigenvalue weighted by atomic mass is 127. The van der Waals surface area contributed by atoms with Crippen LogP contribution < -0.4 is 10.4 Å². The average molecular weight is 470 g/mol. The minimum absolute atomic E-state index is 0.122. The van der Waals surface area contributed by atoms with Gasteiger partial charge in [-0.2, -0.15) is 8.78 Å². The number of carboxylic acids is 1. The summed E-state index contributed by atoms with van der Waals surface area (Å²) in [6.07, 6.45) is -0.767. The van der Waals surface area contributed by atoms with Crippen LogP contribution in [0.2, 0.25) is 0 Å². The van der Waals surface area contributed by atoms with Gasteiger partial charge in [0.1, 0.15) is 11.6 Å². The lowest BCUT2D eigenvalue weighted by atomic mass is 10.2. The topological polar surface area (TPSA) is 105 Å². The molecule has 1 N–H and O–H groups in total. The third-order valence-electron chi connectivity index (χ3n) is 2.51. The molecule has 0 spiro atoms. The summed E-state index contributed by atoms with van der Waals surface area (Å²) < 4.78 is 35.6. The van der Waals surface area contributed by atoms with Crippen LogP contribution in [-0.4, -0.2) is 36.2 Å². The van der Waals surface area contributed by atoms with Crippen molar-refractivity contribution in [1.82, 2.24) is 0 Å². The molecule has 1 rings (SSSR count). The molecule has 0 aromatic heterocycles. The van der Waals surface area contributed by atoms with Crippen LogP contribution in [0.15, 0.2) is 18.2 Å². The molecular formula is C15H15F2INO6-. The number of carbonyl (C=O) groups excluding carboxylic acids is 3. The summed E-state index contributed by atoms with van der Waals surface area (Å²) in [5, 5.41) is 12.6. The van der Waals surface area contributed by atoms with E-state index in [4.69, 9.17) is 4.74 Å². The summed E-state index contributed by atoms with van der Waals surface area (Å²) in [4.78, 5) is 33.8. The van der Waals surface area contributed by atoms with Crippen molar-refractivity contribution in [2.75, 3.05) is 11.9 Å². The number of nitrogens with one attached hydrogen (secondary N) is 1. The summed E-state index contributed by atoms with van der Waals surface area (Å²) in [5.41, 5.74) is -0.678. The fourth-order valence-electron chi connectivity index (χ4n) is 1.47. The van der Waals surface area contributed by atoms with Crippen molar-refractivity contribution in [1.29, 1.82) is 0 Å². The van der Waals surface area contributed by atoms with E-state index in [2.05, 4.69) is 10.1 Å². The van der Waals surface area contributed by atoms with Crippen molar-refractivity contribution < 1.29 is 37.7 Å². The minimum atomic E-state index is -4.30. The van der Waals surface area contributed by atoms with Gasteiger partial charge in [-0.25, -0.2) is 9.59 Å². The van der Waals surface area contributed by atoms with E-state index in [1.807, 2.05) is 0 Å². The SMILES string of the molecule is CC(C)(C)OC(=O)Nc1ccc(I)c(C(=O)OCC(F)(F)C(=O)[O-])c1. The number of amides is 1. The number of anilines is 1. The summed E-state index contributed by atoms with van der Waals surface area (Å²) in [6.45, 7) is 3.34. The Labute approximate surface area is 155 Å². The molecular weight excluding hydrogens is 455 g/mol. The third kappa shape index (κ3) is 6.80. The highest BCUT2D eigenvalue weighted by Gasteiger charge is 2.33. The quantitative estimate of drug-likeness (QED) is 0.523. The van der Waals surface area contributed by atoms with E-state index in [1.165, 1.54) is 18.2 Å². The van der Waals surface area contributed by atoms with Gasteiger partial charge in [-0.15, -0.1) is 0 Å². The molecule has 0 aliphatic carbocycles. The summed E-state index contributed by atoms with van der Waals surface area (Å²) >= 11 is 1.76. The number of aliphatic carboxylic acids is 1.